The first-order valence-electron chi connectivity index (χ1n) is 10.7. The number of benzene rings is 2. The van der Waals surface area contributed by atoms with Crippen molar-refractivity contribution in [1.82, 2.24) is 14.8 Å². The molecule has 2 aromatic carbocycles. The maximum absolute atomic E-state index is 13.9. The molecular weight excluding hydrogens is 457 g/mol. The van der Waals surface area contributed by atoms with E-state index in [1.54, 1.807) is 53.4 Å². The first kappa shape index (κ1) is 25.2. The van der Waals surface area contributed by atoms with E-state index < -0.39 is 5.82 Å². The number of carbonyl (C=O) groups is 2. The van der Waals surface area contributed by atoms with Crippen molar-refractivity contribution in [1.29, 1.82) is 0 Å². The van der Waals surface area contributed by atoms with Crippen molar-refractivity contribution in [2.45, 2.75) is 13.3 Å². The van der Waals surface area contributed by atoms with E-state index in [2.05, 4.69) is 4.98 Å². The zero-order valence-electron chi connectivity index (χ0n) is 19.9. The van der Waals surface area contributed by atoms with Crippen molar-refractivity contribution < 1.29 is 23.5 Å². The number of hydrogen-bond donors (Lipinski definition) is 0. The fraction of sp³-hybridized carbons (Fsp3) is 0.320. The molecular formula is C25H28FN3O4S. The predicted octanol–water partition coefficient (Wildman–Crippen LogP) is 4.05. The Hall–Kier alpha value is -3.46. The second-order valence-electron chi connectivity index (χ2n) is 7.88. The van der Waals surface area contributed by atoms with Gasteiger partial charge in [0.05, 0.1) is 24.1 Å². The number of methoxy groups -OCH3 is 2. The molecule has 0 aliphatic rings. The molecule has 7 nitrogen and oxygen atoms in total. The van der Waals surface area contributed by atoms with Crippen LogP contribution in [-0.2, 0) is 11.2 Å². The molecule has 0 fully saturated rings. The van der Waals surface area contributed by atoms with Crippen LogP contribution in [0, 0.1) is 12.7 Å². The highest BCUT2D eigenvalue weighted by Gasteiger charge is 2.26. The van der Waals surface area contributed by atoms with Gasteiger partial charge >= 0.3 is 0 Å². The van der Waals surface area contributed by atoms with Crippen LogP contribution in [0.25, 0.3) is 10.4 Å². The lowest BCUT2D eigenvalue weighted by molar-refractivity contribution is -0.129. The molecule has 0 bridgehead atoms. The largest absolute Gasteiger partial charge is 0.493 e. The number of likely N-dealkylation sites (N-methyl/N-ethyl adjacent to an activating group) is 1. The van der Waals surface area contributed by atoms with E-state index in [0.29, 0.717) is 33.4 Å². The summed E-state index contributed by atoms with van der Waals surface area (Å²) in [6, 6.07) is 11.6. The van der Waals surface area contributed by atoms with Crippen LogP contribution in [0.1, 0.15) is 21.1 Å². The smallest absolute Gasteiger partial charge is 0.274 e. The topological polar surface area (TPSA) is 72.0 Å². The van der Waals surface area contributed by atoms with Crippen LogP contribution in [0.15, 0.2) is 42.5 Å². The van der Waals surface area contributed by atoms with Gasteiger partial charge in [0.1, 0.15) is 18.1 Å². The van der Waals surface area contributed by atoms with Crippen molar-refractivity contribution >= 4 is 23.2 Å². The lowest BCUT2D eigenvalue weighted by Crippen LogP contribution is -2.41. The third kappa shape index (κ3) is 5.91. The fourth-order valence-corrected chi connectivity index (χ4v) is 4.31. The molecule has 0 aliphatic carbocycles. The summed E-state index contributed by atoms with van der Waals surface area (Å²) in [5.41, 5.74) is 1.72. The van der Waals surface area contributed by atoms with Crippen LogP contribution in [0.5, 0.6) is 11.5 Å². The standard InChI is InChI=1S/C25H28FN3O4S/c1-16-27-23(24(34-16)18-7-6-8-19(26)14-18)25(31)29(15-22(30)28(2)3)12-11-17-9-10-20(32-4)21(13-17)33-5/h6-10,13-14H,11-12,15H2,1-5H3. The molecule has 0 spiro atoms. The first-order valence-corrected chi connectivity index (χ1v) is 11.5. The third-order valence-electron chi connectivity index (χ3n) is 5.25. The number of thiazole rings is 1. The average molecular weight is 486 g/mol. The normalized spacial score (nSPS) is 10.6. The molecule has 3 rings (SSSR count). The minimum atomic E-state index is -0.393. The molecule has 9 heteroatoms. The maximum atomic E-state index is 13.9. The number of hydrogen-bond acceptors (Lipinski definition) is 6. The molecule has 0 atom stereocenters. The molecule has 180 valence electrons. The van der Waals surface area contributed by atoms with Gasteiger partial charge in [-0.2, -0.15) is 0 Å². The zero-order valence-corrected chi connectivity index (χ0v) is 20.7. The van der Waals surface area contributed by atoms with Crippen molar-refractivity contribution in [2.75, 3.05) is 41.4 Å². The maximum Gasteiger partial charge on any atom is 0.274 e. The van der Waals surface area contributed by atoms with Crippen molar-refractivity contribution in [3.8, 4) is 21.9 Å². The van der Waals surface area contributed by atoms with Crippen LogP contribution in [0.3, 0.4) is 0 Å². The summed E-state index contributed by atoms with van der Waals surface area (Å²) in [5.74, 6) is 0.222. The fourth-order valence-electron chi connectivity index (χ4n) is 3.40. The minimum absolute atomic E-state index is 0.0989. The number of aromatic nitrogens is 1. The summed E-state index contributed by atoms with van der Waals surface area (Å²) in [7, 11) is 6.41. The quantitative estimate of drug-likeness (QED) is 0.457. The molecule has 34 heavy (non-hydrogen) atoms. The highest BCUT2D eigenvalue weighted by molar-refractivity contribution is 7.15. The number of halogens is 1. The van der Waals surface area contributed by atoms with Gasteiger partial charge in [-0.05, 0) is 48.7 Å². The second kappa shape index (κ2) is 11.1. The van der Waals surface area contributed by atoms with Gasteiger partial charge in [0.2, 0.25) is 5.91 Å². The summed E-state index contributed by atoms with van der Waals surface area (Å²) in [4.78, 5) is 34.1. The van der Waals surface area contributed by atoms with Crippen molar-refractivity contribution in [3.63, 3.8) is 0 Å². The van der Waals surface area contributed by atoms with Gasteiger partial charge in [-0.15, -0.1) is 11.3 Å². The van der Waals surface area contributed by atoms with Crippen LogP contribution in [-0.4, -0.2) is 68.0 Å². The van der Waals surface area contributed by atoms with Gasteiger partial charge in [-0.3, -0.25) is 9.59 Å². The Balaban J connectivity index is 1.91. The predicted molar refractivity (Wildman–Crippen MR) is 130 cm³/mol. The summed E-state index contributed by atoms with van der Waals surface area (Å²) < 4.78 is 24.5. The van der Waals surface area contributed by atoms with Gasteiger partial charge < -0.3 is 19.3 Å². The van der Waals surface area contributed by atoms with E-state index in [1.807, 2.05) is 12.1 Å². The third-order valence-corrected chi connectivity index (χ3v) is 6.27. The van der Waals surface area contributed by atoms with Crippen LogP contribution in [0.2, 0.25) is 0 Å². The summed E-state index contributed by atoms with van der Waals surface area (Å²) in [6.45, 7) is 1.98. The molecule has 0 radical (unpaired) electrons. The molecule has 0 aliphatic heterocycles. The lowest BCUT2D eigenvalue weighted by atomic mass is 10.1. The number of ether oxygens (including phenoxy) is 2. The van der Waals surface area contributed by atoms with Gasteiger partial charge in [-0.1, -0.05) is 18.2 Å². The van der Waals surface area contributed by atoms with E-state index in [0.717, 1.165) is 5.56 Å². The second-order valence-corrected chi connectivity index (χ2v) is 9.08. The number of nitrogens with zero attached hydrogens (tertiary/aromatic N) is 3. The number of aryl methyl sites for hydroxylation is 1. The monoisotopic (exact) mass is 485 g/mol. The van der Waals surface area contributed by atoms with E-state index in [9.17, 15) is 14.0 Å². The Labute approximate surface area is 202 Å². The number of rotatable bonds is 9. The van der Waals surface area contributed by atoms with E-state index in [1.165, 1.54) is 33.3 Å². The molecule has 3 aromatic rings. The van der Waals surface area contributed by atoms with Crippen molar-refractivity contribution in [2.24, 2.45) is 0 Å². The molecule has 1 aromatic heterocycles. The van der Waals surface area contributed by atoms with Crippen LogP contribution >= 0.6 is 11.3 Å². The Morgan fingerprint density at radius 2 is 1.79 bits per heavy atom. The molecule has 0 N–H and O–H groups in total. The zero-order chi connectivity index (χ0) is 24.8. The molecule has 2 amide bonds. The highest BCUT2D eigenvalue weighted by Crippen LogP contribution is 2.32. The average Bonchev–Trinajstić information content (AvgIpc) is 3.22. The first-order chi connectivity index (χ1) is 16.2. The SMILES string of the molecule is COc1ccc(CCN(CC(=O)N(C)C)C(=O)c2nc(C)sc2-c2cccc(F)c2)cc1OC. The molecule has 1 heterocycles. The Kier molecular flexibility index (Phi) is 8.22. The Morgan fingerprint density at radius 3 is 2.44 bits per heavy atom. The van der Waals surface area contributed by atoms with E-state index >= 15 is 0 Å². The number of carbonyl (C=O) groups excluding carboxylic acids is 2. The minimum Gasteiger partial charge on any atom is -0.493 e. The van der Waals surface area contributed by atoms with Crippen molar-refractivity contribution in [3.05, 3.63) is 64.5 Å². The van der Waals surface area contributed by atoms with E-state index in [-0.39, 0.29) is 30.6 Å². The van der Waals surface area contributed by atoms with E-state index in [4.69, 9.17) is 9.47 Å². The Morgan fingerprint density at radius 1 is 1.06 bits per heavy atom. The van der Waals surface area contributed by atoms with Gasteiger partial charge in [0.15, 0.2) is 11.5 Å². The summed E-state index contributed by atoms with van der Waals surface area (Å²) in [5, 5.41) is 0.682. The molecule has 0 unspecified atom stereocenters. The summed E-state index contributed by atoms with van der Waals surface area (Å²) in [6.07, 6.45) is 0.491. The summed E-state index contributed by atoms with van der Waals surface area (Å²) >= 11 is 1.32. The lowest BCUT2D eigenvalue weighted by Gasteiger charge is -2.24. The van der Waals surface area contributed by atoms with Gasteiger partial charge in [0.25, 0.3) is 5.91 Å². The molecule has 0 saturated heterocycles. The number of amides is 2. The van der Waals surface area contributed by atoms with Gasteiger partial charge in [0, 0.05) is 20.6 Å². The van der Waals surface area contributed by atoms with Crippen LogP contribution in [0.4, 0.5) is 4.39 Å². The Bertz CT molecular complexity index is 1180. The van der Waals surface area contributed by atoms with Crippen LogP contribution < -0.4 is 9.47 Å². The highest BCUT2D eigenvalue weighted by atomic mass is 32.1. The molecule has 0 saturated carbocycles. The van der Waals surface area contributed by atoms with Gasteiger partial charge in [-0.25, -0.2) is 9.37 Å².